The highest BCUT2D eigenvalue weighted by molar-refractivity contribution is 5.81. The molecular weight excluding hydrogens is 364 g/mol. The Labute approximate surface area is 175 Å². The molecule has 0 radical (unpaired) electrons. The molecular formula is C23H36N4O2. The summed E-state index contributed by atoms with van der Waals surface area (Å²) < 4.78 is 5.91. The van der Waals surface area contributed by atoms with Crippen molar-refractivity contribution in [1.82, 2.24) is 15.5 Å². The molecule has 29 heavy (non-hydrogen) atoms. The number of rotatable bonds is 8. The molecule has 2 aliphatic rings. The van der Waals surface area contributed by atoms with E-state index in [0.717, 1.165) is 44.9 Å². The van der Waals surface area contributed by atoms with Crippen molar-refractivity contribution in [3.8, 4) is 0 Å². The summed E-state index contributed by atoms with van der Waals surface area (Å²) in [6.07, 6.45) is 7.63. The normalized spacial score (nSPS) is 20.7. The van der Waals surface area contributed by atoms with Crippen LogP contribution in [0.5, 0.6) is 0 Å². The van der Waals surface area contributed by atoms with Crippen LogP contribution in [-0.2, 0) is 16.1 Å². The lowest BCUT2D eigenvalue weighted by atomic mass is 9.95. The molecule has 1 atom stereocenters. The van der Waals surface area contributed by atoms with E-state index in [1.165, 1.54) is 24.8 Å². The smallest absolute Gasteiger partial charge is 0.221 e. The fourth-order valence-electron chi connectivity index (χ4n) is 4.25. The van der Waals surface area contributed by atoms with Gasteiger partial charge in [-0.3, -0.25) is 9.79 Å². The van der Waals surface area contributed by atoms with Gasteiger partial charge in [0.15, 0.2) is 5.96 Å². The number of hydrogen-bond donors (Lipinski definition) is 2. The lowest BCUT2D eigenvalue weighted by Crippen LogP contribution is -2.42. The number of hydrogen-bond acceptors (Lipinski definition) is 3. The van der Waals surface area contributed by atoms with Gasteiger partial charge in [-0.05, 0) is 24.8 Å². The van der Waals surface area contributed by atoms with Gasteiger partial charge in [0.05, 0.1) is 13.2 Å². The molecule has 6 heteroatoms. The van der Waals surface area contributed by atoms with Crippen molar-refractivity contribution in [2.75, 3.05) is 33.3 Å². The molecule has 0 spiro atoms. The first-order valence-electron chi connectivity index (χ1n) is 11.1. The highest BCUT2D eigenvalue weighted by Gasteiger charge is 2.25. The second-order valence-electron chi connectivity index (χ2n) is 8.23. The summed E-state index contributed by atoms with van der Waals surface area (Å²) in [7, 11) is 1.81. The molecule has 2 fully saturated rings. The number of carbonyl (C=O) groups excluding carboxylic acids is 1. The molecule has 160 valence electrons. The van der Waals surface area contributed by atoms with Crippen LogP contribution in [0.4, 0.5) is 0 Å². The van der Waals surface area contributed by atoms with E-state index >= 15 is 0 Å². The van der Waals surface area contributed by atoms with Crippen LogP contribution in [-0.4, -0.2) is 56.1 Å². The van der Waals surface area contributed by atoms with Crippen molar-refractivity contribution in [2.45, 2.75) is 57.6 Å². The summed E-state index contributed by atoms with van der Waals surface area (Å²) in [4.78, 5) is 18.8. The Hall–Kier alpha value is -2.08. The van der Waals surface area contributed by atoms with Crippen molar-refractivity contribution in [3.05, 3.63) is 35.9 Å². The average molecular weight is 401 g/mol. The maximum Gasteiger partial charge on any atom is 0.221 e. The van der Waals surface area contributed by atoms with E-state index in [9.17, 15) is 4.79 Å². The molecule has 0 aromatic heterocycles. The number of carbonyl (C=O) groups is 1. The predicted molar refractivity (Wildman–Crippen MR) is 117 cm³/mol. The number of nitrogens with zero attached hydrogens (tertiary/aromatic N) is 2. The fraction of sp³-hybridized carbons (Fsp3) is 0.652. The first kappa shape index (κ1) is 21.6. The van der Waals surface area contributed by atoms with Crippen LogP contribution in [0, 0.1) is 5.92 Å². The Morgan fingerprint density at radius 1 is 1.17 bits per heavy atom. The monoisotopic (exact) mass is 400 g/mol. The van der Waals surface area contributed by atoms with Gasteiger partial charge in [0.2, 0.25) is 5.91 Å². The topological polar surface area (TPSA) is 66.0 Å². The van der Waals surface area contributed by atoms with Gasteiger partial charge in [-0.2, -0.15) is 0 Å². The summed E-state index contributed by atoms with van der Waals surface area (Å²) in [6.45, 7) is 3.99. The molecule has 1 saturated heterocycles. The van der Waals surface area contributed by atoms with Crippen LogP contribution in [0.3, 0.4) is 0 Å². The molecule has 3 rings (SSSR count). The molecule has 0 bridgehead atoms. The zero-order valence-electron chi connectivity index (χ0n) is 17.7. The zero-order chi connectivity index (χ0) is 20.3. The number of benzene rings is 1. The van der Waals surface area contributed by atoms with Crippen LogP contribution in [0.25, 0.3) is 0 Å². The molecule has 1 amide bonds. The minimum atomic E-state index is 0.147. The highest BCUT2D eigenvalue weighted by Crippen LogP contribution is 2.18. The van der Waals surface area contributed by atoms with Gasteiger partial charge in [0, 0.05) is 45.1 Å². The van der Waals surface area contributed by atoms with Gasteiger partial charge in [-0.25, -0.2) is 0 Å². The van der Waals surface area contributed by atoms with Gasteiger partial charge in [0.25, 0.3) is 0 Å². The molecule has 1 saturated carbocycles. The zero-order valence-corrected chi connectivity index (χ0v) is 17.7. The Morgan fingerprint density at radius 3 is 2.72 bits per heavy atom. The maximum absolute atomic E-state index is 12.2. The van der Waals surface area contributed by atoms with E-state index in [4.69, 9.17) is 4.74 Å². The first-order valence-corrected chi connectivity index (χ1v) is 11.1. The molecule has 1 heterocycles. The van der Waals surface area contributed by atoms with Crippen molar-refractivity contribution < 1.29 is 9.53 Å². The van der Waals surface area contributed by atoms with E-state index in [1.54, 1.807) is 0 Å². The molecule has 1 aliphatic heterocycles. The highest BCUT2D eigenvalue weighted by atomic mass is 16.5. The summed E-state index contributed by atoms with van der Waals surface area (Å²) in [6, 6.07) is 10.7. The van der Waals surface area contributed by atoms with E-state index in [-0.39, 0.29) is 5.91 Å². The lowest BCUT2D eigenvalue weighted by Gasteiger charge is -2.24. The van der Waals surface area contributed by atoms with Crippen molar-refractivity contribution >= 4 is 11.9 Å². The number of ether oxygens (including phenoxy) is 1. The van der Waals surface area contributed by atoms with Crippen molar-refractivity contribution in [1.29, 1.82) is 0 Å². The first-order chi connectivity index (χ1) is 14.2. The third-order valence-corrected chi connectivity index (χ3v) is 5.87. The largest absolute Gasteiger partial charge is 0.376 e. The Bertz CT molecular complexity index is 644. The molecule has 6 nitrogen and oxygen atoms in total. The van der Waals surface area contributed by atoms with Crippen LogP contribution in [0.2, 0.25) is 0 Å². The summed E-state index contributed by atoms with van der Waals surface area (Å²) in [5.41, 5.74) is 1.21. The molecule has 2 N–H and O–H groups in total. The van der Waals surface area contributed by atoms with Crippen molar-refractivity contribution in [2.24, 2.45) is 10.9 Å². The van der Waals surface area contributed by atoms with Gasteiger partial charge in [-0.15, -0.1) is 0 Å². The summed E-state index contributed by atoms with van der Waals surface area (Å²) in [5.74, 6) is 1.56. The van der Waals surface area contributed by atoms with Crippen molar-refractivity contribution in [3.63, 3.8) is 0 Å². The second kappa shape index (κ2) is 11.8. The van der Waals surface area contributed by atoms with Gasteiger partial charge in [0.1, 0.15) is 0 Å². The Kier molecular flexibility index (Phi) is 8.81. The van der Waals surface area contributed by atoms with E-state index in [2.05, 4.69) is 32.7 Å². The van der Waals surface area contributed by atoms with E-state index in [0.29, 0.717) is 31.5 Å². The van der Waals surface area contributed by atoms with Crippen LogP contribution >= 0.6 is 0 Å². The third kappa shape index (κ3) is 7.35. The lowest BCUT2D eigenvalue weighted by molar-refractivity contribution is -0.121. The standard InChI is InChI=1S/C23H36N4O2/c1-24-23(25-14-12-22(28)26-21-10-6-3-7-11-21)27-15-13-20(16-27)18-29-17-19-8-4-2-5-9-19/h2,4-5,8-9,20-21H,3,6-7,10-18H2,1H3,(H,24,25)(H,26,28). The van der Waals surface area contributed by atoms with Gasteiger partial charge in [-0.1, -0.05) is 49.6 Å². The molecule has 1 aliphatic carbocycles. The molecule has 1 aromatic carbocycles. The van der Waals surface area contributed by atoms with E-state index in [1.807, 2.05) is 25.2 Å². The van der Waals surface area contributed by atoms with Gasteiger partial charge < -0.3 is 20.3 Å². The summed E-state index contributed by atoms with van der Waals surface area (Å²) in [5, 5.41) is 6.53. The molecule has 1 unspecified atom stereocenters. The number of nitrogens with one attached hydrogen (secondary N) is 2. The second-order valence-corrected chi connectivity index (χ2v) is 8.23. The van der Waals surface area contributed by atoms with Gasteiger partial charge >= 0.3 is 0 Å². The SMILES string of the molecule is CN=C(NCCC(=O)NC1CCCCC1)N1CCC(COCc2ccccc2)C1. The third-order valence-electron chi connectivity index (χ3n) is 5.87. The number of guanidine groups is 1. The minimum Gasteiger partial charge on any atom is -0.376 e. The fourth-order valence-corrected chi connectivity index (χ4v) is 4.25. The van der Waals surface area contributed by atoms with E-state index < -0.39 is 0 Å². The van der Waals surface area contributed by atoms with Crippen LogP contribution in [0.15, 0.2) is 35.3 Å². The Morgan fingerprint density at radius 2 is 1.97 bits per heavy atom. The Balaban J connectivity index is 1.31. The minimum absolute atomic E-state index is 0.147. The number of amides is 1. The van der Waals surface area contributed by atoms with Crippen LogP contribution < -0.4 is 10.6 Å². The number of aliphatic imine (C=N–C) groups is 1. The predicted octanol–water partition coefficient (Wildman–Crippen LogP) is 2.94. The maximum atomic E-state index is 12.2. The number of likely N-dealkylation sites (tertiary alicyclic amines) is 1. The average Bonchev–Trinajstić information content (AvgIpc) is 3.21. The molecule has 1 aromatic rings. The summed E-state index contributed by atoms with van der Waals surface area (Å²) >= 11 is 0. The quantitative estimate of drug-likeness (QED) is 0.520. The van der Waals surface area contributed by atoms with Crippen LogP contribution in [0.1, 0.15) is 50.5 Å².